The Morgan fingerprint density at radius 3 is 2.22 bits per heavy atom. The Morgan fingerprint density at radius 2 is 1.37 bits per heavy atom. The van der Waals surface area contributed by atoms with E-state index in [1.54, 1.807) is 0 Å². The molecule has 0 unspecified atom stereocenters. The first-order valence-electron chi connectivity index (χ1n) is 8.77. The van der Waals surface area contributed by atoms with Crippen LogP contribution in [0.3, 0.4) is 0 Å². The summed E-state index contributed by atoms with van der Waals surface area (Å²) in [6, 6.07) is 28.6. The highest BCUT2D eigenvalue weighted by Gasteiger charge is 2.12. The second kappa shape index (κ2) is 6.18. The number of anilines is 1. The molecule has 0 saturated carbocycles. The van der Waals surface area contributed by atoms with Crippen molar-refractivity contribution in [3.05, 3.63) is 84.9 Å². The van der Waals surface area contributed by atoms with Crippen LogP contribution in [0, 0.1) is 0 Å². The van der Waals surface area contributed by atoms with Crippen LogP contribution in [-0.2, 0) is 0 Å². The molecule has 2 heterocycles. The Hall–Kier alpha value is -3.79. The zero-order valence-corrected chi connectivity index (χ0v) is 14.5. The minimum atomic E-state index is 0.251. The number of hydrogen-bond acceptors (Lipinski definition) is 4. The third-order valence-corrected chi connectivity index (χ3v) is 4.65. The number of hydrogen-bond donors (Lipinski definition) is 1. The fourth-order valence-corrected chi connectivity index (χ4v) is 3.34. The molecule has 2 aromatic heterocycles. The smallest absolute Gasteiger partial charge is 0.221 e. The first-order valence-corrected chi connectivity index (χ1v) is 8.77. The van der Waals surface area contributed by atoms with Crippen molar-refractivity contribution >= 4 is 27.8 Å². The summed E-state index contributed by atoms with van der Waals surface area (Å²) in [5, 5.41) is 2.40. The number of nitrogens with zero attached hydrogens (tertiary/aromatic N) is 3. The predicted molar refractivity (Wildman–Crippen MR) is 110 cm³/mol. The van der Waals surface area contributed by atoms with Gasteiger partial charge in [0.1, 0.15) is 11.2 Å². The van der Waals surface area contributed by atoms with Crippen molar-refractivity contribution in [2.45, 2.75) is 0 Å². The van der Waals surface area contributed by atoms with Crippen molar-refractivity contribution in [3.8, 4) is 22.5 Å². The Morgan fingerprint density at radius 1 is 0.593 bits per heavy atom. The largest absolute Gasteiger partial charge is 0.368 e. The van der Waals surface area contributed by atoms with Crippen molar-refractivity contribution in [1.29, 1.82) is 0 Å². The van der Waals surface area contributed by atoms with Gasteiger partial charge in [-0.1, -0.05) is 66.7 Å². The first kappa shape index (κ1) is 15.5. The maximum absolute atomic E-state index is 5.92. The number of rotatable bonds is 2. The molecule has 4 nitrogen and oxygen atoms in total. The molecule has 0 bridgehead atoms. The molecule has 0 atom stereocenters. The summed E-state index contributed by atoms with van der Waals surface area (Å²) in [6.07, 6.45) is 0. The van der Waals surface area contributed by atoms with E-state index in [0.29, 0.717) is 0 Å². The van der Waals surface area contributed by atoms with Gasteiger partial charge in [0.2, 0.25) is 5.95 Å². The molecule has 3 aromatic carbocycles. The monoisotopic (exact) mass is 348 g/mol. The molecular weight excluding hydrogens is 332 g/mol. The minimum absolute atomic E-state index is 0.251. The van der Waals surface area contributed by atoms with Crippen LogP contribution >= 0.6 is 0 Å². The minimum Gasteiger partial charge on any atom is -0.368 e. The van der Waals surface area contributed by atoms with Gasteiger partial charge in [0.05, 0.1) is 11.2 Å². The van der Waals surface area contributed by atoms with E-state index < -0.39 is 0 Å². The van der Waals surface area contributed by atoms with Crippen molar-refractivity contribution in [2.24, 2.45) is 0 Å². The van der Waals surface area contributed by atoms with Gasteiger partial charge in [-0.15, -0.1) is 0 Å². The average molecular weight is 348 g/mol. The van der Waals surface area contributed by atoms with E-state index in [1.165, 1.54) is 10.8 Å². The van der Waals surface area contributed by atoms with Crippen molar-refractivity contribution in [2.75, 3.05) is 5.73 Å². The first-order chi connectivity index (χ1) is 13.3. The highest BCUT2D eigenvalue weighted by molar-refractivity contribution is 5.92. The molecular formula is C23H16N4. The molecule has 4 heteroatoms. The van der Waals surface area contributed by atoms with Gasteiger partial charge in [0.15, 0.2) is 0 Å². The summed E-state index contributed by atoms with van der Waals surface area (Å²) in [7, 11) is 0. The predicted octanol–water partition coefficient (Wildman–Crippen LogP) is 5.09. The fraction of sp³-hybridized carbons (Fsp3) is 0. The van der Waals surface area contributed by atoms with E-state index in [9.17, 15) is 0 Å². The fourth-order valence-electron chi connectivity index (χ4n) is 3.34. The number of nitrogens with two attached hydrogens (primary N) is 1. The van der Waals surface area contributed by atoms with Crippen LogP contribution in [-0.4, -0.2) is 15.0 Å². The molecule has 0 amide bonds. The highest BCUT2D eigenvalue weighted by atomic mass is 15.0. The van der Waals surface area contributed by atoms with Gasteiger partial charge in [-0.05, 0) is 29.0 Å². The SMILES string of the molecule is Nc1nc(-c2ccccc2)c2nc(-c3ccc4ccccc4c3)ccc2n1. The van der Waals surface area contributed by atoms with E-state index >= 15 is 0 Å². The van der Waals surface area contributed by atoms with E-state index in [2.05, 4.69) is 40.3 Å². The van der Waals surface area contributed by atoms with Crippen LogP contribution in [0.5, 0.6) is 0 Å². The van der Waals surface area contributed by atoms with Gasteiger partial charge in [-0.2, -0.15) is 0 Å². The molecule has 0 aliphatic rings. The Labute approximate surface area is 156 Å². The summed E-state index contributed by atoms with van der Waals surface area (Å²) >= 11 is 0. The molecule has 0 radical (unpaired) electrons. The van der Waals surface area contributed by atoms with Crippen LogP contribution in [0.25, 0.3) is 44.3 Å². The van der Waals surface area contributed by atoms with Gasteiger partial charge in [0.25, 0.3) is 0 Å². The molecule has 0 aliphatic heterocycles. The highest BCUT2D eigenvalue weighted by Crippen LogP contribution is 2.29. The Kier molecular flexibility index (Phi) is 3.54. The molecule has 0 spiro atoms. The van der Waals surface area contributed by atoms with Crippen LogP contribution < -0.4 is 5.73 Å². The number of nitrogen functional groups attached to an aromatic ring is 1. The molecule has 0 aliphatic carbocycles. The lowest BCUT2D eigenvalue weighted by Crippen LogP contribution is -2.00. The lowest BCUT2D eigenvalue weighted by Gasteiger charge is -2.09. The van der Waals surface area contributed by atoms with E-state index in [-0.39, 0.29) is 5.95 Å². The molecule has 0 saturated heterocycles. The van der Waals surface area contributed by atoms with Gasteiger partial charge < -0.3 is 5.73 Å². The summed E-state index contributed by atoms with van der Waals surface area (Å²) in [4.78, 5) is 13.7. The molecule has 27 heavy (non-hydrogen) atoms. The lowest BCUT2D eigenvalue weighted by atomic mass is 10.0. The summed E-state index contributed by atoms with van der Waals surface area (Å²) in [5.41, 5.74) is 11.1. The Bertz CT molecular complexity index is 1280. The zero-order chi connectivity index (χ0) is 18.2. The molecule has 2 N–H and O–H groups in total. The van der Waals surface area contributed by atoms with Gasteiger partial charge in [0, 0.05) is 11.1 Å². The molecule has 128 valence electrons. The topological polar surface area (TPSA) is 64.7 Å². The van der Waals surface area contributed by atoms with E-state index in [4.69, 9.17) is 10.7 Å². The summed E-state index contributed by atoms with van der Waals surface area (Å²) in [5.74, 6) is 0.251. The lowest BCUT2D eigenvalue weighted by molar-refractivity contribution is 1.22. The number of aromatic nitrogens is 3. The Balaban J connectivity index is 1.73. The van der Waals surface area contributed by atoms with Crippen LogP contribution in [0.2, 0.25) is 0 Å². The van der Waals surface area contributed by atoms with Crippen LogP contribution in [0.15, 0.2) is 84.9 Å². The number of fused-ring (bicyclic) bond motifs is 2. The van der Waals surface area contributed by atoms with Crippen LogP contribution in [0.1, 0.15) is 0 Å². The van der Waals surface area contributed by atoms with Gasteiger partial charge in [-0.3, -0.25) is 0 Å². The second-order valence-electron chi connectivity index (χ2n) is 6.42. The molecule has 5 aromatic rings. The van der Waals surface area contributed by atoms with Gasteiger partial charge in [-0.25, -0.2) is 15.0 Å². The normalized spacial score (nSPS) is 11.1. The van der Waals surface area contributed by atoms with Gasteiger partial charge >= 0.3 is 0 Å². The van der Waals surface area contributed by atoms with Crippen molar-refractivity contribution in [1.82, 2.24) is 15.0 Å². The average Bonchev–Trinajstić information content (AvgIpc) is 2.73. The standard InChI is InChI=1S/C23H16N4/c24-23-26-20-13-12-19(18-11-10-15-6-4-5-9-17(15)14-18)25-22(20)21(27-23)16-7-2-1-3-8-16/h1-14H,(H2,24,26,27). The number of benzene rings is 3. The van der Waals surface area contributed by atoms with Crippen LogP contribution in [0.4, 0.5) is 5.95 Å². The molecule has 5 rings (SSSR count). The maximum atomic E-state index is 5.92. The molecule has 0 fully saturated rings. The number of pyridine rings is 1. The van der Waals surface area contributed by atoms with Crippen molar-refractivity contribution in [3.63, 3.8) is 0 Å². The van der Waals surface area contributed by atoms with Crippen molar-refractivity contribution < 1.29 is 0 Å². The third kappa shape index (κ3) is 2.77. The summed E-state index contributed by atoms with van der Waals surface area (Å²) in [6.45, 7) is 0. The zero-order valence-electron chi connectivity index (χ0n) is 14.5. The third-order valence-electron chi connectivity index (χ3n) is 4.65. The quantitative estimate of drug-likeness (QED) is 0.482. The van der Waals surface area contributed by atoms with E-state index in [1.807, 2.05) is 54.6 Å². The maximum Gasteiger partial charge on any atom is 0.221 e. The van der Waals surface area contributed by atoms with E-state index in [0.717, 1.165) is 33.5 Å². The second-order valence-corrected chi connectivity index (χ2v) is 6.42. The summed E-state index contributed by atoms with van der Waals surface area (Å²) < 4.78 is 0.